The van der Waals surface area contributed by atoms with Gasteiger partial charge in [0, 0.05) is 26.3 Å². The van der Waals surface area contributed by atoms with Gasteiger partial charge in [-0.05, 0) is 82.1 Å². The molecule has 0 bridgehead atoms. The summed E-state index contributed by atoms with van der Waals surface area (Å²) >= 11 is 8.56. The molecular formula is C26H22ClIN2O2. The molecule has 1 amide bonds. The van der Waals surface area contributed by atoms with Crippen molar-refractivity contribution in [2.45, 2.75) is 19.8 Å². The Morgan fingerprint density at radius 2 is 1.91 bits per heavy atom. The van der Waals surface area contributed by atoms with Gasteiger partial charge in [0.15, 0.2) is 0 Å². The molecule has 0 aliphatic carbocycles. The Morgan fingerprint density at radius 3 is 2.53 bits per heavy atom. The quantitative estimate of drug-likeness (QED) is 0.201. The minimum atomic E-state index is -0.453. The number of hydrogen-bond acceptors (Lipinski definition) is 3. The van der Waals surface area contributed by atoms with Gasteiger partial charge >= 0.3 is 0 Å². The summed E-state index contributed by atoms with van der Waals surface area (Å²) < 4.78 is 6.57. The molecule has 1 N–H and O–H groups in total. The molecule has 0 atom stereocenters. The second kappa shape index (κ2) is 11.2. The predicted molar refractivity (Wildman–Crippen MR) is 138 cm³/mol. The minimum Gasteiger partial charge on any atom is -0.496 e. The molecule has 32 heavy (non-hydrogen) atoms. The zero-order valence-electron chi connectivity index (χ0n) is 17.8. The molecular weight excluding hydrogens is 535 g/mol. The van der Waals surface area contributed by atoms with Crippen molar-refractivity contribution in [1.82, 2.24) is 0 Å². The first kappa shape index (κ1) is 23.8. The van der Waals surface area contributed by atoms with E-state index in [0.29, 0.717) is 28.4 Å². The average molecular weight is 557 g/mol. The van der Waals surface area contributed by atoms with E-state index in [-0.39, 0.29) is 5.57 Å². The molecule has 0 saturated carbocycles. The van der Waals surface area contributed by atoms with E-state index in [1.54, 1.807) is 13.2 Å². The van der Waals surface area contributed by atoms with Crippen molar-refractivity contribution >= 4 is 51.9 Å². The number of aryl methyl sites for hydroxylation is 1. The molecule has 3 aromatic rings. The molecule has 0 spiro atoms. The number of nitrogens with zero attached hydrogens (tertiary/aromatic N) is 1. The van der Waals surface area contributed by atoms with Crippen LogP contribution >= 0.6 is 34.2 Å². The summed E-state index contributed by atoms with van der Waals surface area (Å²) in [6, 6.07) is 21.0. The van der Waals surface area contributed by atoms with Gasteiger partial charge in [-0.15, -0.1) is 0 Å². The highest BCUT2D eigenvalue weighted by molar-refractivity contribution is 14.1. The predicted octanol–water partition coefficient (Wildman–Crippen LogP) is 6.65. The van der Waals surface area contributed by atoms with Crippen LogP contribution in [0.4, 0.5) is 5.69 Å². The molecule has 0 unspecified atom stereocenters. The first-order valence-electron chi connectivity index (χ1n) is 10.1. The van der Waals surface area contributed by atoms with Crippen LogP contribution in [-0.2, 0) is 17.6 Å². The zero-order valence-corrected chi connectivity index (χ0v) is 20.7. The number of benzene rings is 3. The number of nitrogens with one attached hydrogen (secondary N) is 1. The topological polar surface area (TPSA) is 62.1 Å². The molecule has 0 aliphatic rings. The highest BCUT2D eigenvalue weighted by Gasteiger charge is 2.14. The fourth-order valence-corrected chi connectivity index (χ4v) is 4.26. The van der Waals surface area contributed by atoms with E-state index in [1.807, 2.05) is 66.7 Å². The molecule has 3 aromatic carbocycles. The van der Waals surface area contributed by atoms with E-state index in [4.69, 9.17) is 16.3 Å². The number of rotatable bonds is 7. The van der Waals surface area contributed by atoms with Crippen LogP contribution in [-0.4, -0.2) is 13.0 Å². The number of amides is 1. The Kier molecular flexibility index (Phi) is 8.32. The molecule has 0 radical (unpaired) electrons. The van der Waals surface area contributed by atoms with E-state index in [9.17, 15) is 10.1 Å². The summed E-state index contributed by atoms with van der Waals surface area (Å²) in [5.41, 5.74) is 4.55. The number of methoxy groups -OCH3 is 1. The summed E-state index contributed by atoms with van der Waals surface area (Å²) in [7, 11) is 1.60. The van der Waals surface area contributed by atoms with Gasteiger partial charge in [-0.2, -0.15) is 5.26 Å². The highest BCUT2D eigenvalue weighted by atomic mass is 127. The Hall–Kier alpha value is -2.82. The van der Waals surface area contributed by atoms with Crippen molar-refractivity contribution in [2.24, 2.45) is 0 Å². The minimum absolute atomic E-state index is 0.0151. The van der Waals surface area contributed by atoms with Crippen molar-refractivity contribution in [2.75, 3.05) is 12.4 Å². The van der Waals surface area contributed by atoms with Gasteiger partial charge in [0.2, 0.25) is 0 Å². The Morgan fingerprint density at radius 1 is 1.19 bits per heavy atom. The van der Waals surface area contributed by atoms with Crippen LogP contribution in [0.2, 0.25) is 5.02 Å². The molecule has 4 nitrogen and oxygen atoms in total. The van der Waals surface area contributed by atoms with Gasteiger partial charge in [0.25, 0.3) is 5.91 Å². The lowest BCUT2D eigenvalue weighted by Gasteiger charge is -2.13. The number of anilines is 1. The monoisotopic (exact) mass is 556 g/mol. The number of nitriles is 1. The largest absolute Gasteiger partial charge is 0.496 e. The van der Waals surface area contributed by atoms with E-state index >= 15 is 0 Å². The van der Waals surface area contributed by atoms with Crippen LogP contribution < -0.4 is 10.1 Å². The highest BCUT2D eigenvalue weighted by Crippen LogP contribution is 2.31. The first-order valence-corrected chi connectivity index (χ1v) is 11.5. The lowest BCUT2D eigenvalue weighted by atomic mass is 10.0. The van der Waals surface area contributed by atoms with Crippen LogP contribution in [0.15, 0.2) is 66.2 Å². The Bertz CT molecular complexity index is 1200. The second-order valence-corrected chi connectivity index (χ2v) is 8.70. The second-order valence-electron chi connectivity index (χ2n) is 7.13. The normalized spacial score (nSPS) is 11.0. The van der Waals surface area contributed by atoms with E-state index < -0.39 is 5.91 Å². The summed E-state index contributed by atoms with van der Waals surface area (Å²) in [4.78, 5) is 12.6. The molecule has 0 fully saturated rings. The molecule has 0 heterocycles. The average Bonchev–Trinajstić information content (AvgIpc) is 2.80. The van der Waals surface area contributed by atoms with Crippen molar-refractivity contribution in [3.05, 3.63) is 97.1 Å². The third-order valence-corrected chi connectivity index (χ3v) is 6.35. The van der Waals surface area contributed by atoms with Crippen molar-refractivity contribution in [1.29, 1.82) is 5.26 Å². The van der Waals surface area contributed by atoms with Crippen LogP contribution in [0.1, 0.15) is 29.2 Å². The van der Waals surface area contributed by atoms with Crippen LogP contribution in [0.5, 0.6) is 5.75 Å². The Labute approximate surface area is 207 Å². The Balaban J connectivity index is 1.87. The maximum Gasteiger partial charge on any atom is 0.266 e. The number of halogens is 2. The van der Waals surface area contributed by atoms with Gasteiger partial charge < -0.3 is 10.1 Å². The maximum absolute atomic E-state index is 12.6. The van der Waals surface area contributed by atoms with Crippen molar-refractivity contribution in [3.63, 3.8) is 0 Å². The lowest BCUT2D eigenvalue weighted by molar-refractivity contribution is -0.112. The maximum atomic E-state index is 12.6. The van der Waals surface area contributed by atoms with E-state index in [1.165, 1.54) is 5.56 Å². The fraction of sp³-hybridized carbons (Fsp3) is 0.154. The molecule has 0 aliphatic heterocycles. The van der Waals surface area contributed by atoms with Gasteiger partial charge in [0.1, 0.15) is 17.4 Å². The number of carbonyl (C=O) groups is 1. The van der Waals surface area contributed by atoms with Gasteiger partial charge in [-0.25, -0.2) is 0 Å². The zero-order chi connectivity index (χ0) is 23.1. The summed E-state index contributed by atoms with van der Waals surface area (Å²) in [6.45, 7) is 2.07. The molecule has 3 rings (SSSR count). The van der Waals surface area contributed by atoms with Crippen molar-refractivity contribution in [3.8, 4) is 11.8 Å². The number of hydrogen-bond donors (Lipinski definition) is 1. The van der Waals surface area contributed by atoms with Crippen LogP contribution in [0.25, 0.3) is 6.08 Å². The summed E-state index contributed by atoms with van der Waals surface area (Å²) in [6.07, 6.45) is 3.11. The molecule has 0 aromatic heterocycles. The van der Waals surface area contributed by atoms with Gasteiger partial charge in [0.05, 0.1) is 7.11 Å². The third kappa shape index (κ3) is 5.90. The summed E-state index contributed by atoms with van der Waals surface area (Å²) in [5, 5.41) is 13.0. The summed E-state index contributed by atoms with van der Waals surface area (Å²) in [5.74, 6) is 0.224. The van der Waals surface area contributed by atoms with E-state index in [0.717, 1.165) is 21.1 Å². The van der Waals surface area contributed by atoms with Gasteiger partial charge in [-0.3, -0.25) is 4.79 Å². The van der Waals surface area contributed by atoms with Gasteiger partial charge in [-0.1, -0.05) is 48.9 Å². The fourth-order valence-electron chi connectivity index (χ4n) is 3.24. The lowest BCUT2D eigenvalue weighted by Crippen LogP contribution is -2.13. The molecule has 6 heteroatoms. The van der Waals surface area contributed by atoms with Crippen molar-refractivity contribution < 1.29 is 9.53 Å². The van der Waals surface area contributed by atoms with Crippen LogP contribution in [0, 0.1) is 14.9 Å². The molecule has 0 saturated heterocycles. The smallest absolute Gasteiger partial charge is 0.266 e. The number of ether oxygens (including phenoxy) is 1. The third-order valence-electron chi connectivity index (χ3n) is 5.02. The first-order chi connectivity index (χ1) is 15.4. The number of carbonyl (C=O) groups excluding carboxylic acids is 1. The SMILES string of the molecule is CCc1ccc(NC(=O)/C(C#N)=C/c2cc(I)c(Cc3ccccc3Cl)c(OC)c2)cc1. The molecule has 162 valence electrons. The van der Waals surface area contributed by atoms with Crippen LogP contribution in [0.3, 0.4) is 0 Å². The standard InChI is InChI=1S/C26H22ClIN2O2/c1-3-17-8-10-21(11-9-17)30-26(31)20(16-29)12-18-13-24(28)22(25(14-18)32-2)15-19-6-4-5-7-23(19)27/h4-14H,3,15H2,1-2H3,(H,30,31)/b20-12+. The van der Waals surface area contributed by atoms with E-state index in [2.05, 4.69) is 34.8 Å².